The van der Waals surface area contributed by atoms with Crippen LogP contribution >= 0.6 is 22.6 Å². The summed E-state index contributed by atoms with van der Waals surface area (Å²) in [6, 6.07) is -0.329. The van der Waals surface area contributed by atoms with Crippen molar-refractivity contribution in [3.05, 3.63) is 0 Å². The van der Waals surface area contributed by atoms with E-state index in [1.54, 1.807) is 43.4 Å². The number of halogens is 1. The van der Waals surface area contributed by atoms with Gasteiger partial charge in [0, 0.05) is 56.8 Å². The molecule has 0 amide bonds. The summed E-state index contributed by atoms with van der Waals surface area (Å²) >= 11 is 1.76. The number of Topliss-reactive ketones (excluding diaryl/α,β-unsaturated/α-hetero) is 1. The van der Waals surface area contributed by atoms with Crippen LogP contribution in [0, 0.1) is 36.0 Å². The number of hydrogen-bond acceptors (Lipinski definition) is 13. The molecule has 0 radical (unpaired) electrons. The number of carbonyl (C=O) groups is 2. The molecule has 0 aromatic heterocycles. The number of alkyl halides is 1. The molecular formula is C35H58IN3O10. The smallest absolute Gasteiger partial charge is 0.317 e. The fraction of sp³-hybridized carbons (Fsp3) is 0.857. The molecule has 0 spiro atoms. The highest BCUT2D eigenvalue weighted by atomic mass is 127. The van der Waals surface area contributed by atoms with Crippen molar-refractivity contribution in [3.63, 3.8) is 0 Å². The first-order valence-electron chi connectivity index (χ1n) is 17.3. The van der Waals surface area contributed by atoms with Crippen LogP contribution in [0.15, 0.2) is 5.16 Å². The minimum Gasteiger partial charge on any atom is -0.448 e. The van der Waals surface area contributed by atoms with Crippen molar-refractivity contribution in [2.24, 2.45) is 28.8 Å². The molecular weight excluding hydrogens is 749 g/mol. The maximum absolute atomic E-state index is 14.1. The van der Waals surface area contributed by atoms with E-state index in [1.165, 1.54) is 21.0 Å². The second-order valence-electron chi connectivity index (χ2n) is 14.6. The number of carbonyl (C=O) groups excluding carboxylic acids is 2. The van der Waals surface area contributed by atoms with Gasteiger partial charge in [0.1, 0.15) is 23.7 Å². The quantitative estimate of drug-likeness (QED) is 0.0707. The number of aliphatic hydroxyl groups excluding tert-OH is 2. The van der Waals surface area contributed by atoms with Gasteiger partial charge in [0.15, 0.2) is 16.2 Å². The Hall–Kier alpha value is -1.42. The van der Waals surface area contributed by atoms with E-state index in [2.05, 4.69) is 16.4 Å². The molecule has 13 nitrogen and oxygen atoms in total. The predicted molar refractivity (Wildman–Crippen MR) is 192 cm³/mol. The minimum atomic E-state index is -1.91. The predicted octanol–water partition coefficient (Wildman–Crippen LogP) is 2.26. The largest absolute Gasteiger partial charge is 0.448 e. The summed E-state index contributed by atoms with van der Waals surface area (Å²) in [6.45, 7) is 13.8. The highest BCUT2D eigenvalue weighted by Gasteiger charge is 2.51. The number of ether oxygens (including phenoxy) is 4. The number of oxime groups is 1. The van der Waals surface area contributed by atoms with Gasteiger partial charge in [-0.3, -0.25) is 14.5 Å². The summed E-state index contributed by atoms with van der Waals surface area (Å²) in [5.74, 6) is -2.06. The standard InChI is InChI=1S/C35H58IN3O10/c1-11-12-15-39(9)25-16-20(3)46-32(28(25)41)47-30-22(5)27(40)23(6)31(43)48-33(36)35(8,44)29(42)21(4)26(19(2)17-34(30,7)45-10)38-49-24-13-14-37-18-24/h1,19-25,28-30,32-33,37,41-42,44H,12-18H2,2-10H3/b38-26+/t19-,20-,21+,22+,23-,24-,25+,28-,29-,30-,32+,33+,34-,35+/m1/s1. The molecule has 3 fully saturated rings. The zero-order valence-corrected chi connectivity index (χ0v) is 32.6. The van der Waals surface area contributed by atoms with Crippen LogP contribution in [0.4, 0.5) is 0 Å². The van der Waals surface area contributed by atoms with Crippen LogP contribution in [0.3, 0.4) is 0 Å². The molecule has 49 heavy (non-hydrogen) atoms. The zero-order valence-electron chi connectivity index (χ0n) is 30.4. The highest BCUT2D eigenvalue weighted by molar-refractivity contribution is 14.1. The Morgan fingerprint density at radius 2 is 1.84 bits per heavy atom. The monoisotopic (exact) mass is 807 g/mol. The van der Waals surface area contributed by atoms with Crippen LogP contribution < -0.4 is 5.32 Å². The first-order valence-corrected chi connectivity index (χ1v) is 18.5. The lowest BCUT2D eigenvalue weighted by atomic mass is 9.75. The molecule has 14 atom stereocenters. The third kappa shape index (κ3) is 9.92. The number of nitrogens with zero attached hydrogens (tertiary/aromatic N) is 2. The van der Waals surface area contributed by atoms with Crippen LogP contribution in [0.1, 0.15) is 74.1 Å². The molecule has 3 heterocycles. The second kappa shape index (κ2) is 17.9. The van der Waals surface area contributed by atoms with Crippen LogP contribution in [0.5, 0.6) is 0 Å². The molecule has 3 rings (SSSR count). The third-order valence-corrected chi connectivity index (χ3v) is 12.1. The molecule has 0 bridgehead atoms. The number of terminal acetylenes is 1. The summed E-state index contributed by atoms with van der Waals surface area (Å²) in [7, 11) is 3.40. The number of aliphatic hydroxyl groups is 3. The molecule has 0 unspecified atom stereocenters. The van der Waals surface area contributed by atoms with Crippen molar-refractivity contribution in [2.75, 3.05) is 33.8 Å². The van der Waals surface area contributed by atoms with Gasteiger partial charge in [-0.1, -0.05) is 25.9 Å². The lowest BCUT2D eigenvalue weighted by Crippen LogP contribution is -2.60. The van der Waals surface area contributed by atoms with Crippen molar-refractivity contribution < 1.29 is 48.7 Å². The van der Waals surface area contributed by atoms with Gasteiger partial charge in [-0.2, -0.15) is 0 Å². The van der Waals surface area contributed by atoms with Gasteiger partial charge in [0.05, 0.1) is 29.6 Å². The molecule has 14 heteroatoms. The fourth-order valence-electron chi connectivity index (χ4n) is 7.21. The lowest BCUT2D eigenvalue weighted by Gasteiger charge is -2.47. The maximum atomic E-state index is 14.1. The molecule has 0 aromatic carbocycles. The average Bonchev–Trinajstić information content (AvgIpc) is 3.58. The molecule has 3 aliphatic rings. The first kappa shape index (κ1) is 42.0. The minimum absolute atomic E-state index is 0.168. The van der Waals surface area contributed by atoms with E-state index in [0.29, 0.717) is 31.6 Å². The maximum Gasteiger partial charge on any atom is 0.317 e. The summed E-state index contributed by atoms with van der Waals surface area (Å²) < 4.78 is 23.4. The van der Waals surface area contributed by atoms with Crippen molar-refractivity contribution in [2.45, 2.75) is 132 Å². The van der Waals surface area contributed by atoms with E-state index >= 15 is 0 Å². The number of methoxy groups -OCH3 is 1. The molecule has 3 aliphatic heterocycles. The molecule has 280 valence electrons. The molecule has 0 aromatic rings. The van der Waals surface area contributed by atoms with Gasteiger partial charge >= 0.3 is 5.97 Å². The van der Waals surface area contributed by atoms with Gasteiger partial charge in [0.25, 0.3) is 0 Å². The number of likely N-dealkylation sites (N-methyl/N-ethyl adjacent to an activating group) is 1. The van der Waals surface area contributed by atoms with Crippen molar-refractivity contribution >= 4 is 40.1 Å². The SMILES string of the molecule is C#CCCN(C)[C@H]1C[C@@H](C)O[C@@H](O[C@@H]2[C@@H](C)C(=O)[C@@H](C)C(=O)O[C@H](I)[C@@](C)(O)[C@H](O)[C@@H](C)/C(=N/O[C@@H]3CCNC3)[C@H](C)C[C@@]2(C)OC)[C@@H]1O. The fourth-order valence-corrected chi connectivity index (χ4v) is 7.83. The van der Waals surface area contributed by atoms with Crippen molar-refractivity contribution in [1.29, 1.82) is 0 Å². The van der Waals surface area contributed by atoms with Crippen molar-refractivity contribution in [1.82, 2.24) is 10.2 Å². The van der Waals surface area contributed by atoms with E-state index in [0.717, 1.165) is 13.0 Å². The molecule has 4 N–H and O–H groups in total. The Morgan fingerprint density at radius 3 is 2.43 bits per heavy atom. The zero-order chi connectivity index (χ0) is 36.8. The number of hydrogen-bond donors (Lipinski definition) is 4. The van der Waals surface area contributed by atoms with Crippen LogP contribution in [-0.2, 0) is 33.4 Å². The van der Waals surface area contributed by atoms with Gasteiger partial charge < -0.3 is 44.4 Å². The average molecular weight is 808 g/mol. The molecule has 0 aliphatic carbocycles. The van der Waals surface area contributed by atoms with Gasteiger partial charge in [0.2, 0.25) is 0 Å². The highest BCUT2D eigenvalue weighted by Crippen LogP contribution is 2.39. The number of cyclic esters (lactones) is 1. The number of nitrogens with one attached hydrogen (secondary N) is 1. The Morgan fingerprint density at radius 1 is 1.16 bits per heavy atom. The first-order chi connectivity index (χ1) is 22.9. The third-order valence-electron chi connectivity index (χ3n) is 10.6. The summed E-state index contributed by atoms with van der Waals surface area (Å²) in [4.78, 5) is 35.4. The Bertz CT molecular complexity index is 1190. The summed E-state index contributed by atoms with van der Waals surface area (Å²) in [5, 5.41) is 42.5. The molecule has 3 saturated heterocycles. The van der Waals surface area contributed by atoms with Gasteiger partial charge in [-0.25, -0.2) is 0 Å². The van der Waals surface area contributed by atoms with E-state index < -0.39 is 75.3 Å². The number of ketones is 1. The van der Waals surface area contributed by atoms with E-state index in [1.807, 2.05) is 25.8 Å². The number of rotatable bonds is 8. The van der Waals surface area contributed by atoms with Crippen molar-refractivity contribution in [3.8, 4) is 12.3 Å². The van der Waals surface area contributed by atoms with E-state index in [-0.39, 0.29) is 24.7 Å². The normalized spacial score (nSPS) is 44.0. The second-order valence-corrected chi connectivity index (χ2v) is 15.7. The topological polar surface area (TPSA) is 169 Å². The van der Waals surface area contributed by atoms with E-state index in [4.69, 9.17) is 30.2 Å². The summed E-state index contributed by atoms with van der Waals surface area (Å²) in [5.41, 5.74) is -2.67. The van der Waals surface area contributed by atoms with Crippen LogP contribution in [-0.4, -0.2) is 130 Å². The summed E-state index contributed by atoms with van der Waals surface area (Å²) in [6.07, 6.45) is 2.42. The number of esters is 1. The Balaban J connectivity index is 2.10. The Labute approximate surface area is 305 Å². The van der Waals surface area contributed by atoms with Gasteiger partial charge in [-0.05, 0) is 76.7 Å². The van der Waals surface area contributed by atoms with Gasteiger partial charge in [-0.15, -0.1) is 12.3 Å². The van der Waals surface area contributed by atoms with E-state index in [9.17, 15) is 24.9 Å². The lowest BCUT2D eigenvalue weighted by molar-refractivity contribution is -0.295. The van der Waals surface area contributed by atoms with Crippen LogP contribution in [0.25, 0.3) is 0 Å². The molecule has 0 saturated carbocycles. The van der Waals surface area contributed by atoms with Crippen LogP contribution in [0.2, 0.25) is 0 Å². The Kier molecular flexibility index (Phi) is 15.3.